The third-order valence-corrected chi connectivity index (χ3v) is 2.35. The number of nitrogens with one attached hydrogen (secondary N) is 2. The second-order valence-electron chi connectivity index (χ2n) is 3.87. The normalized spacial score (nSPS) is 11.7. The van der Waals surface area contributed by atoms with E-state index in [-0.39, 0.29) is 18.9 Å². The minimum atomic E-state index is -1.08. The van der Waals surface area contributed by atoms with E-state index >= 15 is 0 Å². The lowest BCUT2D eigenvalue weighted by atomic mass is 10.1. The number of rotatable bonds is 9. The number of unbranched alkanes of at least 4 members (excludes halogenated alkanes) is 1. The molecule has 0 aromatic heterocycles. The summed E-state index contributed by atoms with van der Waals surface area (Å²) < 4.78 is 0. The van der Waals surface area contributed by atoms with Crippen molar-refractivity contribution in [2.45, 2.75) is 38.6 Å². The summed E-state index contributed by atoms with van der Waals surface area (Å²) in [5.74, 6) is -1.83. The van der Waals surface area contributed by atoms with Gasteiger partial charge in [0.15, 0.2) is 0 Å². The molecule has 0 fully saturated rings. The molecule has 1 unspecified atom stereocenters. The van der Waals surface area contributed by atoms with Crippen molar-refractivity contribution in [3.8, 4) is 0 Å². The third-order valence-electron chi connectivity index (χ3n) is 2.35. The van der Waals surface area contributed by atoms with Crippen molar-refractivity contribution in [2.24, 2.45) is 5.73 Å². The van der Waals surface area contributed by atoms with Gasteiger partial charge in [0.25, 0.3) is 0 Å². The summed E-state index contributed by atoms with van der Waals surface area (Å²) in [6.07, 6.45) is 1.97. The highest BCUT2D eigenvalue weighted by Gasteiger charge is 2.19. The summed E-state index contributed by atoms with van der Waals surface area (Å²) in [5.41, 5.74) is 5.31. The number of nitrogens with two attached hydrogens (primary N) is 1. The fraction of sp³-hybridized carbons (Fsp3) is 0.727. The van der Waals surface area contributed by atoms with E-state index in [0.29, 0.717) is 25.8 Å². The van der Waals surface area contributed by atoms with Crippen LogP contribution in [0.1, 0.15) is 32.6 Å². The van der Waals surface area contributed by atoms with Gasteiger partial charge in [-0.05, 0) is 25.8 Å². The summed E-state index contributed by atoms with van der Waals surface area (Å²) in [6.45, 7) is 1.96. The van der Waals surface area contributed by atoms with Crippen molar-refractivity contribution in [2.75, 3.05) is 13.1 Å². The Hall–Kier alpha value is -1.63. The Balaban J connectivity index is 4.03. The molecule has 0 heterocycles. The molecule has 2 amide bonds. The van der Waals surface area contributed by atoms with Crippen LogP contribution in [0.25, 0.3) is 0 Å². The van der Waals surface area contributed by atoms with Crippen LogP contribution in [0.3, 0.4) is 0 Å². The number of aliphatic carboxylic acids is 1. The maximum atomic E-state index is 11.4. The smallest absolute Gasteiger partial charge is 0.326 e. The minimum Gasteiger partial charge on any atom is -0.480 e. The maximum absolute atomic E-state index is 11.4. The van der Waals surface area contributed by atoms with Crippen LogP contribution >= 0.6 is 0 Å². The average molecular weight is 259 g/mol. The number of carboxylic acid groups (broad SMARTS) is 1. The summed E-state index contributed by atoms with van der Waals surface area (Å²) in [7, 11) is 0. The molecule has 0 aromatic rings. The number of hydrogen-bond acceptors (Lipinski definition) is 4. The van der Waals surface area contributed by atoms with Gasteiger partial charge < -0.3 is 21.5 Å². The van der Waals surface area contributed by atoms with Gasteiger partial charge in [-0.15, -0.1) is 0 Å². The molecule has 5 N–H and O–H groups in total. The van der Waals surface area contributed by atoms with Gasteiger partial charge in [-0.25, -0.2) is 4.79 Å². The predicted molar refractivity (Wildman–Crippen MR) is 65.8 cm³/mol. The van der Waals surface area contributed by atoms with Crippen molar-refractivity contribution in [1.82, 2.24) is 10.6 Å². The molecule has 0 aliphatic rings. The van der Waals surface area contributed by atoms with E-state index in [4.69, 9.17) is 10.8 Å². The summed E-state index contributed by atoms with van der Waals surface area (Å²) in [4.78, 5) is 33.2. The van der Waals surface area contributed by atoms with Crippen molar-refractivity contribution < 1.29 is 19.5 Å². The largest absolute Gasteiger partial charge is 0.480 e. The highest BCUT2D eigenvalue weighted by Crippen LogP contribution is 2.00. The average Bonchev–Trinajstić information content (AvgIpc) is 2.34. The van der Waals surface area contributed by atoms with Crippen LogP contribution in [0.4, 0.5) is 0 Å². The van der Waals surface area contributed by atoms with E-state index in [1.54, 1.807) is 6.92 Å². The quantitative estimate of drug-likeness (QED) is 0.404. The second-order valence-corrected chi connectivity index (χ2v) is 3.87. The minimum absolute atomic E-state index is 0.201. The van der Waals surface area contributed by atoms with Crippen LogP contribution in [0.2, 0.25) is 0 Å². The van der Waals surface area contributed by atoms with Crippen LogP contribution in [0.5, 0.6) is 0 Å². The molecule has 0 spiro atoms. The molecule has 0 saturated heterocycles. The Bertz CT molecular complexity index is 294. The highest BCUT2D eigenvalue weighted by atomic mass is 16.4. The Morgan fingerprint density at radius 3 is 2.39 bits per heavy atom. The van der Waals surface area contributed by atoms with Crippen LogP contribution in [0.15, 0.2) is 0 Å². The number of carbonyl (C=O) groups is 3. The van der Waals surface area contributed by atoms with Gasteiger partial charge in [-0.2, -0.15) is 0 Å². The molecule has 0 aromatic carbocycles. The molecule has 0 aliphatic carbocycles. The SMILES string of the molecule is CCC(=O)NCC(=O)NC(CCCCN)C(=O)O. The standard InChI is InChI=1S/C11H21N3O4/c1-2-9(15)13-7-10(16)14-8(11(17)18)5-3-4-6-12/h8H,2-7,12H2,1H3,(H,13,15)(H,14,16)(H,17,18). The van der Waals surface area contributed by atoms with Crippen molar-refractivity contribution >= 4 is 17.8 Å². The Morgan fingerprint density at radius 2 is 1.89 bits per heavy atom. The molecule has 0 bridgehead atoms. The fourth-order valence-corrected chi connectivity index (χ4v) is 1.30. The summed E-state index contributed by atoms with van der Waals surface area (Å²) in [5, 5.41) is 13.7. The van der Waals surface area contributed by atoms with Crippen molar-refractivity contribution in [3.63, 3.8) is 0 Å². The molecule has 1 atom stereocenters. The molecular formula is C11H21N3O4. The second kappa shape index (κ2) is 9.41. The zero-order valence-corrected chi connectivity index (χ0v) is 10.6. The van der Waals surface area contributed by atoms with Gasteiger partial charge in [0, 0.05) is 6.42 Å². The van der Waals surface area contributed by atoms with Crippen LogP contribution < -0.4 is 16.4 Å². The number of hydrogen-bond donors (Lipinski definition) is 4. The van der Waals surface area contributed by atoms with Crippen molar-refractivity contribution in [3.05, 3.63) is 0 Å². The number of amides is 2. The van der Waals surface area contributed by atoms with Gasteiger partial charge in [0.05, 0.1) is 6.54 Å². The molecular weight excluding hydrogens is 238 g/mol. The van der Waals surface area contributed by atoms with Gasteiger partial charge in [0.1, 0.15) is 6.04 Å². The number of carboxylic acids is 1. The lowest BCUT2D eigenvalue weighted by Gasteiger charge is -2.14. The molecule has 18 heavy (non-hydrogen) atoms. The van der Waals surface area contributed by atoms with Gasteiger partial charge in [-0.3, -0.25) is 9.59 Å². The first-order valence-electron chi connectivity index (χ1n) is 6.00. The third kappa shape index (κ3) is 7.61. The Kier molecular flexibility index (Phi) is 8.55. The lowest BCUT2D eigenvalue weighted by Crippen LogP contribution is -2.45. The van der Waals surface area contributed by atoms with E-state index in [1.807, 2.05) is 0 Å². The van der Waals surface area contributed by atoms with Gasteiger partial charge in [-0.1, -0.05) is 6.92 Å². The summed E-state index contributed by atoms with van der Waals surface area (Å²) >= 11 is 0. The topological polar surface area (TPSA) is 122 Å². The first-order chi connectivity index (χ1) is 8.51. The van der Waals surface area contributed by atoms with E-state index in [2.05, 4.69) is 10.6 Å². The number of carbonyl (C=O) groups excluding carboxylic acids is 2. The zero-order chi connectivity index (χ0) is 14.0. The van der Waals surface area contributed by atoms with Gasteiger partial charge in [0.2, 0.25) is 11.8 Å². The molecule has 0 saturated carbocycles. The molecule has 0 radical (unpaired) electrons. The first kappa shape index (κ1) is 16.4. The molecule has 7 heteroatoms. The van der Waals surface area contributed by atoms with Crippen molar-refractivity contribution in [1.29, 1.82) is 0 Å². The summed E-state index contributed by atoms with van der Waals surface area (Å²) in [6, 6.07) is -0.928. The molecule has 0 rings (SSSR count). The Labute approximate surface area is 106 Å². The first-order valence-corrected chi connectivity index (χ1v) is 6.00. The molecule has 7 nitrogen and oxygen atoms in total. The monoisotopic (exact) mass is 259 g/mol. The molecule has 0 aliphatic heterocycles. The highest BCUT2D eigenvalue weighted by molar-refractivity contribution is 5.87. The van der Waals surface area contributed by atoms with Gasteiger partial charge >= 0.3 is 5.97 Å². The Morgan fingerprint density at radius 1 is 1.22 bits per heavy atom. The fourth-order valence-electron chi connectivity index (χ4n) is 1.30. The predicted octanol–water partition coefficient (Wildman–Crippen LogP) is -0.789. The maximum Gasteiger partial charge on any atom is 0.326 e. The zero-order valence-electron chi connectivity index (χ0n) is 10.6. The van der Waals surface area contributed by atoms with Crippen LogP contribution in [0, 0.1) is 0 Å². The van der Waals surface area contributed by atoms with E-state index in [0.717, 1.165) is 0 Å². The van der Waals surface area contributed by atoms with E-state index in [1.165, 1.54) is 0 Å². The van der Waals surface area contributed by atoms with E-state index in [9.17, 15) is 14.4 Å². The van der Waals surface area contributed by atoms with Crippen LogP contribution in [-0.2, 0) is 14.4 Å². The molecule has 104 valence electrons. The van der Waals surface area contributed by atoms with Crippen LogP contribution in [-0.4, -0.2) is 42.0 Å². The lowest BCUT2D eigenvalue weighted by molar-refractivity contribution is -0.142. The van der Waals surface area contributed by atoms with E-state index < -0.39 is 17.9 Å².